The number of hydrogen-bond donors (Lipinski definition) is 4. The molecule has 0 aliphatic rings. The lowest BCUT2D eigenvalue weighted by atomic mass is 10.1. The van der Waals surface area contributed by atoms with Crippen LogP contribution in [0.5, 0.6) is 0 Å². The lowest BCUT2D eigenvalue weighted by molar-refractivity contribution is 0.317. The molecule has 2 aromatic heterocycles. The molecule has 4 N–H and O–H groups in total. The third-order valence-electron chi connectivity index (χ3n) is 4.73. The van der Waals surface area contributed by atoms with Crippen molar-refractivity contribution in [2.24, 2.45) is 0 Å². The van der Waals surface area contributed by atoms with E-state index >= 15 is 0 Å². The van der Waals surface area contributed by atoms with Crippen LogP contribution >= 0.6 is 0 Å². The summed E-state index contributed by atoms with van der Waals surface area (Å²) in [5.74, 6) is 0. The fourth-order valence-corrected chi connectivity index (χ4v) is 3.04. The maximum atomic E-state index is 8.39. The van der Waals surface area contributed by atoms with E-state index in [9.17, 15) is 0 Å². The molecule has 0 bridgehead atoms. The SMILES string of the molecule is C=N.CNCCN(C)CCn1cc(-c2ccc3nc(NC)oc3c2)cc(C)c1=N. The molecule has 29 heavy (non-hydrogen) atoms. The van der Waals surface area contributed by atoms with Crippen LogP contribution in [0.3, 0.4) is 0 Å². The molecule has 3 aromatic rings. The Morgan fingerprint density at radius 2 is 1.93 bits per heavy atom. The summed E-state index contributed by atoms with van der Waals surface area (Å²) in [5, 5.41) is 20.0. The minimum Gasteiger partial charge on any atom is -0.424 e. The van der Waals surface area contributed by atoms with Crippen LogP contribution in [0.15, 0.2) is 34.9 Å². The predicted molar refractivity (Wildman–Crippen MR) is 119 cm³/mol. The van der Waals surface area contributed by atoms with Crippen molar-refractivity contribution in [3.8, 4) is 11.1 Å². The van der Waals surface area contributed by atoms with Gasteiger partial charge in [0.2, 0.25) is 0 Å². The Balaban J connectivity index is 0.00000145. The second kappa shape index (κ2) is 10.5. The number of fused-ring (bicyclic) bond motifs is 1. The molecule has 1 aromatic carbocycles. The maximum Gasteiger partial charge on any atom is 0.295 e. The minimum atomic E-state index is 0.513. The molecular weight excluding hydrogens is 366 g/mol. The number of benzene rings is 1. The van der Waals surface area contributed by atoms with E-state index in [1.807, 2.05) is 36.7 Å². The summed E-state index contributed by atoms with van der Waals surface area (Å²) in [6, 6.07) is 8.59. The molecule has 2 heterocycles. The highest BCUT2D eigenvalue weighted by Crippen LogP contribution is 2.26. The van der Waals surface area contributed by atoms with Crippen molar-refractivity contribution in [3.63, 3.8) is 0 Å². The summed E-state index contributed by atoms with van der Waals surface area (Å²) in [7, 11) is 5.86. The number of nitrogens with zero attached hydrogens (tertiary/aromatic N) is 3. The Morgan fingerprint density at radius 1 is 1.17 bits per heavy atom. The van der Waals surface area contributed by atoms with Crippen LogP contribution in [-0.2, 0) is 6.54 Å². The van der Waals surface area contributed by atoms with E-state index in [4.69, 9.17) is 15.2 Å². The molecule has 0 aliphatic carbocycles. The molecule has 0 aliphatic heterocycles. The summed E-state index contributed by atoms with van der Waals surface area (Å²) < 4.78 is 7.72. The largest absolute Gasteiger partial charge is 0.424 e. The van der Waals surface area contributed by atoms with Crippen molar-refractivity contribution < 1.29 is 4.42 Å². The summed E-state index contributed by atoms with van der Waals surface area (Å²) in [5.41, 5.74) is 5.23. The highest BCUT2D eigenvalue weighted by atomic mass is 16.4. The molecule has 0 saturated carbocycles. The highest BCUT2D eigenvalue weighted by Gasteiger charge is 2.09. The zero-order chi connectivity index (χ0) is 21.4. The Morgan fingerprint density at radius 3 is 2.62 bits per heavy atom. The topological polar surface area (TPSA) is 106 Å². The quantitative estimate of drug-likeness (QED) is 0.437. The number of aryl methyl sites for hydroxylation is 1. The number of nitrogens with one attached hydrogen (secondary N) is 4. The van der Waals surface area contributed by atoms with E-state index in [0.717, 1.165) is 54.0 Å². The number of hydrogen-bond acceptors (Lipinski definition) is 7. The normalized spacial score (nSPS) is 10.8. The van der Waals surface area contributed by atoms with Gasteiger partial charge in [-0.15, -0.1) is 0 Å². The van der Waals surface area contributed by atoms with Crippen molar-refractivity contribution in [1.29, 1.82) is 10.8 Å². The first-order valence-electron chi connectivity index (χ1n) is 9.54. The van der Waals surface area contributed by atoms with Gasteiger partial charge < -0.3 is 29.9 Å². The third kappa shape index (κ3) is 5.52. The summed E-state index contributed by atoms with van der Waals surface area (Å²) >= 11 is 0. The number of pyridine rings is 1. The van der Waals surface area contributed by atoms with Crippen molar-refractivity contribution >= 4 is 23.8 Å². The Labute approximate surface area is 171 Å². The summed E-state index contributed by atoms with van der Waals surface area (Å²) in [6.07, 6.45) is 2.05. The first-order valence-corrected chi connectivity index (χ1v) is 9.54. The third-order valence-corrected chi connectivity index (χ3v) is 4.73. The molecule has 8 nitrogen and oxygen atoms in total. The van der Waals surface area contributed by atoms with Gasteiger partial charge in [-0.05, 0) is 62.6 Å². The molecule has 156 valence electrons. The van der Waals surface area contributed by atoms with Gasteiger partial charge in [-0.25, -0.2) is 0 Å². The van der Waals surface area contributed by atoms with E-state index in [2.05, 4.69) is 46.5 Å². The predicted octanol–water partition coefficient (Wildman–Crippen LogP) is 2.54. The monoisotopic (exact) mass is 397 g/mol. The van der Waals surface area contributed by atoms with Gasteiger partial charge in [0, 0.05) is 39.4 Å². The molecule has 3 rings (SSSR count). The number of likely N-dealkylation sites (N-methyl/N-ethyl adjacent to an activating group) is 2. The zero-order valence-electron chi connectivity index (χ0n) is 17.7. The Bertz CT molecular complexity index is 992. The number of anilines is 1. The lowest BCUT2D eigenvalue weighted by Crippen LogP contribution is -2.33. The van der Waals surface area contributed by atoms with E-state index in [-0.39, 0.29) is 0 Å². The van der Waals surface area contributed by atoms with Crippen LogP contribution in [0.1, 0.15) is 5.56 Å². The second-order valence-electron chi connectivity index (χ2n) is 6.81. The van der Waals surface area contributed by atoms with Gasteiger partial charge in [-0.3, -0.25) is 5.41 Å². The summed E-state index contributed by atoms with van der Waals surface area (Å²) in [4.78, 5) is 6.63. The molecular formula is C21H31N7O. The molecule has 0 saturated heterocycles. The molecule has 0 radical (unpaired) electrons. The van der Waals surface area contributed by atoms with E-state index in [1.165, 1.54) is 0 Å². The smallest absolute Gasteiger partial charge is 0.295 e. The standard InChI is InChI=1S/C20H28N6O.CH3N/c1-14-11-16(13-26(19(14)21)10-9-25(4)8-7-22-2)15-5-6-17-18(12-15)27-20(23-3)24-17;1-2/h5-6,11-13,21-22H,7-10H2,1-4H3,(H,23,24);2H,1H2. The molecule has 0 spiro atoms. The maximum absolute atomic E-state index is 8.39. The first-order chi connectivity index (χ1) is 14.0. The van der Waals surface area contributed by atoms with Crippen molar-refractivity contribution in [2.75, 3.05) is 46.1 Å². The Hall–Kier alpha value is -2.97. The van der Waals surface area contributed by atoms with Gasteiger partial charge in [0.15, 0.2) is 5.58 Å². The molecule has 0 amide bonds. The number of aromatic nitrogens is 2. The van der Waals surface area contributed by atoms with E-state index in [0.29, 0.717) is 11.5 Å². The summed E-state index contributed by atoms with van der Waals surface area (Å²) in [6.45, 7) is 8.11. The zero-order valence-corrected chi connectivity index (χ0v) is 17.7. The van der Waals surface area contributed by atoms with Crippen LogP contribution < -0.4 is 16.1 Å². The van der Waals surface area contributed by atoms with Crippen LogP contribution in [0.25, 0.3) is 22.2 Å². The van der Waals surface area contributed by atoms with Gasteiger partial charge in [0.05, 0.1) is 0 Å². The Kier molecular flexibility index (Phi) is 8.11. The lowest BCUT2D eigenvalue weighted by Gasteiger charge is -2.18. The number of oxazole rings is 1. The number of rotatable bonds is 8. The van der Waals surface area contributed by atoms with E-state index < -0.39 is 0 Å². The second-order valence-corrected chi connectivity index (χ2v) is 6.81. The minimum absolute atomic E-state index is 0.513. The average molecular weight is 398 g/mol. The molecule has 8 heteroatoms. The van der Waals surface area contributed by atoms with Gasteiger partial charge in [0.25, 0.3) is 6.01 Å². The van der Waals surface area contributed by atoms with E-state index in [1.54, 1.807) is 7.05 Å². The van der Waals surface area contributed by atoms with Crippen molar-refractivity contribution in [3.05, 3.63) is 41.5 Å². The van der Waals surface area contributed by atoms with Gasteiger partial charge in [-0.1, -0.05) is 6.07 Å². The molecule has 0 unspecified atom stereocenters. The van der Waals surface area contributed by atoms with Crippen LogP contribution in [0.4, 0.5) is 6.01 Å². The first kappa shape index (κ1) is 22.3. The van der Waals surface area contributed by atoms with Crippen LogP contribution in [0.2, 0.25) is 0 Å². The fraction of sp³-hybridized carbons (Fsp3) is 0.381. The highest BCUT2D eigenvalue weighted by molar-refractivity contribution is 5.81. The molecule has 0 fully saturated rings. The van der Waals surface area contributed by atoms with Gasteiger partial charge in [-0.2, -0.15) is 4.98 Å². The van der Waals surface area contributed by atoms with Gasteiger partial charge in [0.1, 0.15) is 11.0 Å². The molecule has 0 atom stereocenters. The fourth-order valence-electron chi connectivity index (χ4n) is 3.04. The van der Waals surface area contributed by atoms with Gasteiger partial charge >= 0.3 is 0 Å². The van der Waals surface area contributed by atoms with Crippen LogP contribution in [0, 0.1) is 17.7 Å². The van der Waals surface area contributed by atoms with Crippen molar-refractivity contribution in [1.82, 2.24) is 19.8 Å². The van der Waals surface area contributed by atoms with Crippen LogP contribution in [-0.4, -0.2) is 61.9 Å². The van der Waals surface area contributed by atoms with Crippen molar-refractivity contribution in [2.45, 2.75) is 13.5 Å². The average Bonchev–Trinajstić information content (AvgIpc) is 3.17.